The fourth-order valence-electron chi connectivity index (χ4n) is 6.36. The van der Waals surface area contributed by atoms with E-state index >= 15 is 0 Å². The Labute approximate surface area is 242 Å². The lowest BCUT2D eigenvalue weighted by Crippen LogP contribution is -2.58. The van der Waals surface area contributed by atoms with Gasteiger partial charge in [-0.1, -0.05) is 30.3 Å². The third kappa shape index (κ3) is 3.93. The summed E-state index contributed by atoms with van der Waals surface area (Å²) in [5.74, 6) is -3.13. The number of benzene rings is 3. The Kier molecular flexibility index (Phi) is 6.44. The van der Waals surface area contributed by atoms with Crippen LogP contribution in [0.15, 0.2) is 71.8 Å². The maximum absolute atomic E-state index is 14.5. The van der Waals surface area contributed by atoms with E-state index in [2.05, 4.69) is 0 Å². The molecular weight excluding hydrogens is 540 g/mol. The van der Waals surface area contributed by atoms with Crippen LogP contribution in [0.5, 0.6) is 17.2 Å². The van der Waals surface area contributed by atoms with Gasteiger partial charge >= 0.3 is 11.9 Å². The minimum Gasteiger partial charge on any atom is -0.497 e. The molecule has 0 radical (unpaired) electrons. The van der Waals surface area contributed by atoms with E-state index in [0.29, 0.717) is 39.5 Å². The third-order valence-corrected chi connectivity index (χ3v) is 8.17. The highest BCUT2D eigenvalue weighted by atomic mass is 16.7. The first-order valence-corrected chi connectivity index (χ1v) is 13.4. The van der Waals surface area contributed by atoms with Crippen molar-refractivity contribution in [2.45, 2.75) is 37.6 Å². The summed E-state index contributed by atoms with van der Waals surface area (Å²) in [7, 11) is 4.53. The lowest BCUT2D eigenvalue weighted by Gasteiger charge is -2.44. The summed E-state index contributed by atoms with van der Waals surface area (Å²) in [6.45, 7) is 3.00. The fraction of sp³-hybridized carbons (Fsp3) is 0.312. The number of cyclic esters (lactones) is 2. The Hall–Kier alpha value is -4.86. The molecule has 0 aliphatic carbocycles. The summed E-state index contributed by atoms with van der Waals surface area (Å²) in [5, 5.41) is 6.25. The molecule has 3 aromatic carbocycles. The van der Waals surface area contributed by atoms with Crippen LogP contribution in [0, 0.1) is 5.41 Å². The topological polar surface area (TPSA) is 113 Å². The standard InChI is InChI=1S/C32H30N2O8/c1-31(2)41-29(36)32(30(37)42-31)25(19-12-15-23(39-4)24(16-19)40-5)26(27(35)18-10-13-21(38-3)14-11-18)34-28(32)22-9-7-6-8-20(22)17-33-34/h6-17,25-26,28H,1-5H3/t25-,26-,28-/m0/s1. The smallest absolute Gasteiger partial charge is 0.330 e. The zero-order chi connectivity index (χ0) is 29.8. The Morgan fingerprint density at radius 3 is 2.17 bits per heavy atom. The summed E-state index contributed by atoms with van der Waals surface area (Å²) in [6.07, 6.45) is 1.63. The fourth-order valence-corrected chi connectivity index (χ4v) is 6.36. The van der Waals surface area contributed by atoms with Gasteiger partial charge in [0, 0.05) is 25.3 Å². The Morgan fingerprint density at radius 2 is 1.52 bits per heavy atom. The maximum Gasteiger partial charge on any atom is 0.330 e. The highest BCUT2D eigenvalue weighted by molar-refractivity contribution is 6.09. The van der Waals surface area contributed by atoms with Crippen LogP contribution in [0.4, 0.5) is 0 Å². The molecule has 3 aliphatic rings. The number of carbonyl (C=O) groups excluding carboxylic acids is 3. The summed E-state index contributed by atoms with van der Waals surface area (Å²) < 4.78 is 27.9. The number of carbonyl (C=O) groups is 3. The number of ether oxygens (including phenoxy) is 5. The number of esters is 2. The van der Waals surface area contributed by atoms with E-state index < -0.39 is 41.1 Å². The average molecular weight is 571 g/mol. The van der Waals surface area contributed by atoms with Crippen molar-refractivity contribution in [2.75, 3.05) is 21.3 Å². The van der Waals surface area contributed by atoms with Gasteiger partial charge in [-0.05, 0) is 53.1 Å². The number of rotatable bonds is 6. The van der Waals surface area contributed by atoms with E-state index in [1.54, 1.807) is 53.7 Å². The maximum atomic E-state index is 14.5. The number of methoxy groups -OCH3 is 3. The van der Waals surface area contributed by atoms with Gasteiger partial charge in [-0.2, -0.15) is 5.10 Å². The lowest BCUT2D eigenvalue weighted by atomic mass is 9.65. The molecule has 1 spiro atoms. The zero-order valence-corrected chi connectivity index (χ0v) is 23.8. The van der Waals surface area contributed by atoms with Crippen LogP contribution in [-0.4, -0.2) is 62.1 Å². The van der Waals surface area contributed by atoms with Crippen molar-refractivity contribution in [1.29, 1.82) is 0 Å². The van der Waals surface area contributed by atoms with Crippen molar-refractivity contribution in [3.8, 4) is 17.2 Å². The number of ketones is 1. The first kappa shape index (κ1) is 27.3. The first-order valence-electron chi connectivity index (χ1n) is 13.4. The van der Waals surface area contributed by atoms with Crippen molar-refractivity contribution >= 4 is 23.9 Å². The van der Waals surface area contributed by atoms with E-state index in [9.17, 15) is 14.4 Å². The van der Waals surface area contributed by atoms with E-state index in [-0.39, 0.29) is 5.78 Å². The normalized spacial score (nSPS) is 23.0. The van der Waals surface area contributed by atoms with Gasteiger partial charge in [0.05, 0.1) is 27.5 Å². The molecule has 2 fully saturated rings. The predicted octanol–water partition coefficient (Wildman–Crippen LogP) is 4.27. The third-order valence-electron chi connectivity index (χ3n) is 8.17. The molecule has 3 atom stereocenters. The molecule has 2 saturated heterocycles. The largest absolute Gasteiger partial charge is 0.497 e. The van der Waals surface area contributed by atoms with E-state index in [0.717, 1.165) is 0 Å². The van der Waals surface area contributed by atoms with Gasteiger partial charge in [-0.25, -0.2) is 0 Å². The van der Waals surface area contributed by atoms with Crippen LogP contribution in [-0.2, 0) is 19.1 Å². The van der Waals surface area contributed by atoms with Gasteiger partial charge in [0.25, 0.3) is 5.79 Å². The number of Topliss-reactive ketones (excluding diaryl/α,β-unsaturated/α-hetero) is 1. The van der Waals surface area contributed by atoms with Gasteiger partial charge < -0.3 is 23.7 Å². The van der Waals surface area contributed by atoms with E-state index in [1.165, 1.54) is 35.2 Å². The summed E-state index contributed by atoms with van der Waals surface area (Å²) >= 11 is 0. The Balaban J connectivity index is 1.65. The minimum absolute atomic E-state index is 0.346. The molecule has 0 N–H and O–H groups in total. The molecule has 0 unspecified atom stereocenters. The van der Waals surface area contributed by atoms with Crippen LogP contribution < -0.4 is 14.2 Å². The summed E-state index contributed by atoms with van der Waals surface area (Å²) in [5.41, 5.74) is 0.212. The molecule has 6 rings (SSSR count). The minimum atomic E-state index is -1.99. The average Bonchev–Trinajstić information content (AvgIpc) is 3.31. The van der Waals surface area contributed by atoms with Crippen LogP contribution >= 0.6 is 0 Å². The molecule has 216 valence electrons. The lowest BCUT2D eigenvalue weighted by molar-refractivity contribution is -0.254. The monoisotopic (exact) mass is 570 g/mol. The number of hydrogen-bond acceptors (Lipinski definition) is 10. The van der Waals surface area contributed by atoms with Crippen molar-refractivity contribution in [3.63, 3.8) is 0 Å². The second kappa shape index (κ2) is 9.90. The van der Waals surface area contributed by atoms with E-state index in [1.807, 2.05) is 24.3 Å². The molecule has 10 nitrogen and oxygen atoms in total. The van der Waals surface area contributed by atoms with Crippen molar-refractivity contribution in [1.82, 2.24) is 5.01 Å². The van der Waals surface area contributed by atoms with Crippen molar-refractivity contribution < 1.29 is 38.1 Å². The molecule has 42 heavy (non-hydrogen) atoms. The van der Waals surface area contributed by atoms with Crippen LogP contribution in [0.25, 0.3) is 0 Å². The number of hydrogen-bond donors (Lipinski definition) is 0. The number of hydrazone groups is 1. The van der Waals surface area contributed by atoms with Crippen LogP contribution in [0.2, 0.25) is 0 Å². The summed E-state index contributed by atoms with van der Waals surface area (Å²) in [6, 6.07) is 17.0. The quantitative estimate of drug-likeness (QED) is 0.244. The molecule has 10 heteroatoms. The van der Waals surface area contributed by atoms with E-state index in [4.69, 9.17) is 28.8 Å². The number of nitrogens with zero attached hydrogens (tertiary/aromatic N) is 2. The van der Waals surface area contributed by atoms with Crippen LogP contribution in [0.1, 0.15) is 52.9 Å². The van der Waals surface area contributed by atoms with Crippen LogP contribution in [0.3, 0.4) is 0 Å². The molecule has 3 aliphatic heterocycles. The molecule has 0 bridgehead atoms. The molecule has 0 aromatic heterocycles. The Bertz CT molecular complexity index is 1590. The molecule has 0 amide bonds. The van der Waals surface area contributed by atoms with Gasteiger partial charge in [-0.15, -0.1) is 0 Å². The predicted molar refractivity (Wildman–Crippen MR) is 151 cm³/mol. The second-order valence-corrected chi connectivity index (χ2v) is 10.8. The first-order chi connectivity index (χ1) is 20.2. The molecule has 0 saturated carbocycles. The molecule has 3 heterocycles. The summed E-state index contributed by atoms with van der Waals surface area (Å²) in [4.78, 5) is 43.3. The van der Waals surface area contributed by atoms with Gasteiger partial charge in [0.2, 0.25) is 5.41 Å². The van der Waals surface area contributed by atoms with Gasteiger partial charge in [0.1, 0.15) is 17.8 Å². The van der Waals surface area contributed by atoms with Crippen molar-refractivity contribution in [3.05, 3.63) is 89.0 Å². The highest BCUT2D eigenvalue weighted by Gasteiger charge is 2.75. The zero-order valence-electron chi connectivity index (χ0n) is 23.8. The Morgan fingerprint density at radius 1 is 0.857 bits per heavy atom. The molecule has 3 aromatic rings. The molecular formula is C32H30N2O8. The van der Waals surface area contributed by atoms with Gasteiger partial charge in [-0.3, -0.25) is 19.4 Å². The van der Waals surface area contributed by atoms with Gasteiger partial charge in [0.15, 0.2) is 17.3 Å². The highest BCUT2D eigenvalue weighted by Crippen LogP contribution is 2.63. The SMILES string of the molecule is COc1ccc(C(=O)[C@@H]2[C@H](c3ccc(OC)c(OC)c3)C3(C(=O)OC(C)(C)OC3=O)[C@@H]3c4ccccc4C=NN23)cc1. The van der Waals surface area contributed by atoms with Crippen molar-refractivity contribution in [2.24, 2.45) is 10.5 Å². The second-order valence-electron chi connectivity index (χ2n) is 10.8. The number of fused-ring (bicyclic) bond motifs is 4.